The zero-order valence-electron chi connectivity index (χ0n) is 9.36. The number of rotatable bonds is 3. The van der Waals surface area contributed by atoms with E-state index in [0.717, 1.165) is 5.56 Å². The molecular weight excluding hydrogens is 204 g/mol. The van der Waals surface area contributed by atoms with Crippen LogP contribution in [-0.4, -0.2) is 13.1 Å². The third-order valence-corrected chi connectivity index (χ3v) is 2.47. The van der Waals surface area contributed by atoms with Gasteiger partial charge < -0.3 is 10.5 Å². The number of esters is 1. The Morgan fingerprint density at radius 1 is 1.62 bits per heavy atom. The van der Waals surface area contributed by atoms with Gasteiger partial charge in [0.25, 0.3) is 0 Å². The fraction of sp³-hybridized carbons (Fsp3) is 0.333. The predicted octanol–water partition coefficient (Wildman–Crippen LogP) is 1.81. The van der Waals surface area contributed by atoms with Crippen molar-refractivity contribution in [3.8, 4) is 6.07 Å². The molecule has 1 rings (SSSR count). The normalized spacial score (nSPS) is 11.6. The van der Waals surface area contributed by atoms with Crippen molar-refractivity contribution >= 4 is 11.7 Å². The van der Waals surface area contributed by atoms with Gasteiger partial charge in [0.1, 0.15) is 6.07 Å². The molecule has 0 saturated heterocycles. The van der Waals surface area contributed by atoms with Crippen LogP contribution in [-0.2, 0) is 9.53 Å². The van der Waals surface area contributed by atoms with Crippen molar-refractivity contribution in [2.75, 3.05) is 12.8 Å². The summed E-state index contributed by atoms with van der Waals surface area (Å²) in [4.78, 5) is 11.1. The molecule has 0 fully saturated rings. The summed E-state index contributed by atoms with van der Waals surface area (Å²) in [6, 6.07) is 7.23. The molecule has 4 nitrogen and oxygen atoms in total. The second-order valence-electron chi connectivity index (χ2n) is 3.64. The number of hydrogen-bond acceptors (Lipinski definition) is 4. The lowest BCUT2D eigenvalue weighted by atomic mass is 9.96. The van der Waals surface area contributed by atoms with E-state index in [4.69, 9.17) is 11.0 Å². The average molecular weight is 218 g/mol. The SMILES string of the molecule is COC(=O)CC(C)c1ccc(N)c(C#N)c1. The van der Waals surface area contributed by atoms with Gasteiger partial charge >= 0.3 is 5.97 Å². The third kappa shape index (κ3) is 2.74. The highest BCUT2D eigenvalue weighted by molar-refractivity contribution is 5.70. The first-order valence-electron chi connectivity index (χ1n) is 4.94. The largest absolute Gasteiger partial charge is 0.469 e. The first-order valence-corrected chi connectivity index (χ1v) is 4.94. The fourth-order valence-electron chi connectivity index (χ4n) is 1.43. The molecule has 0 heterocycles. The minimum Gasteiger partial charge on any atom is -0.469 e. The highest BCUT2D eigenvalue weighted by Gasteiger charge is 2.12. The van der Waals surface area contributed by atoms with E-state index in [1.807, 2.05) is 19.1 Å². The smallest absolute Gasteiger partial charge is 0.306 e. The molecule has 0 aliphatic carbocycles. The number of ether oxygens (including phenoxy) is 1. The zero-order chi connectivity index (χ0) is 12.1. The predicted molar refractivity (Wildman–Crippen MR) is 60.6 cm³/mol. The summed E-state index contributed by atoms with van der Waals surface area (Å²) in [5.74, 6) is -0.247. The van der Waals surface area contributed by atoms with Gasteiger partial charge in [0, 0.05) is 5.69 Å². The van der Waals surface area contributed by atoms with Crippen LogP contribution < -0.4 is 5.73 Å². The van der Waals surface area contributed by atoms with Crippen LogP contribution in [0.1, 0.15) is 30.4 Å². The number of benzene rings is 1. The van der Waals surface area contributed by atoms with Gasteiger partial charge in [-0.1, -0.05) is 13.0 Å². The molecule has 1 unspecified atom stereocenters. The van der Waals surface area contributed by atoms with Crippen LogP contribution in [0, 0.1) is 11.3 Å². The number of nitrogens with zero attached hydrogens (tertiary/aromatic N) is 1. The van der Waals surface area contributed by atoms with E-state index < -0.39 is 0 Å². The summed E-state index contributed by atoms with van der Waals surface area (Å²) in [6.07, 6.45) is 0.297. The maximum absolute atomic E-state index is 11.1. The average Bonchev–Trinajstić information content (AvgIpc) is 2.29. The van der Waals surface area contributed by atoms with Crippen molar-refractivity contribution < 1.29 is 9.53 Å². The number of nitrogen functional groups attached to an aromatic ring is 1. The Labute approximate surface area is 94.6 Å². The first kappa shape index (κ1) is 12.1. The van der Waals surface area contributed by atoms with Gasteiger partial charge in [0.2, 0.25) is 0 Å². The molecule has 16 heavy (non-hydrogen) atoms. The molecule has 0 spiro atoms. The zero-order valence-corrected chi connectivity index (χ0v) is 9.36. The van der Waals surface area contributed by atoms with Gasteiger partial charge in [-0.3, -0.25) is 4.79 Å². The number of hydrogen-bond donors (Lipinski definition) is 1. The lowest BCUT2D eigenvalue weighted by molar-refractivity contribution is -0.140. The molecule has 0 amide bonds. The van der Waals surface area contributed by atoms with Gasteiger partial charge in [-0.15, -0.1) is 0 Å². The highest BCUT2D eigenvalue weighted by atomic mass is 16.5. The minimum atomic E-state index is -0.261. The number of nitrogens with two attached hydrogens (primary N) is 1. The number of nitriles is 1. The standard InChI is InChI=1S/C12H14N2O2/c1-8(5-12(15)16-2)9-3-4-11(14)10(6-9)7-13/h3-4,6,8H,5,14H2,1-2H3. The van der Waals surface area contributed by atoms with E-state index >= 15 is 0 Å². The molecular formula is C12H14N2O2. The Bertz CT molecular complexity index is 435. The molecule has 0 bridgehead atoms. The maximum Gasteiger partial charge on any atom is 0.306 e. The van der Waals surface area contributed by atoms with E-state index in [9.17, 15) is 4.79 Å². The summed E-state index contributed by atoms with van der Waals surface area (Å²) < 4.78 is 4.59. The molecule has 1 aromatic rings. The van der Waals surface area contributed by atoms with Crippen LogP contribution in [0.4, 0.5) is 5.69 Å². The molecule has 0 aromatic heterocycles. The van der Waals surface area contributed by atoms with E-state index in [0.29, 0.717) is 17.7 Å². The number of anilines is 1. The van der Waals surface area contributed by atoms with E-state index in [1.54, 1.807) is 12.1 Å². The first-order chi connectivity index (χ1) is 7.58. The van der Waals surface area contributed by atoms with Gasteiger partial charge in [-0.25, -0.2) is 0 Å². The van der Waals surface area contributed by atoms with Gasteiger partial charge in [-0.2, -0.15) is 5.26 Å². The van der Waals surface area contributed by atoms with Crippen LogP contribution >= 0.6 is 0 Å². The van der Waals surface area contributed by atoms with Crippen molar-refractivity contribution in [1.29, 1.82) is 5.26 Å². The van der Waals surface area contributed by atoms with Gasteiger partial charge in [-0.05, 0) is 23.6 Å². The lowest BCUT2D eigenvalue weighted by Crippen LogP contribution is -2.06. The van der Waals surface area contributed by atoms with Gasteiger partial charge in [0.15, 0.2) is 0 Å². The molecule has 1 aromatic carbocycles. The highest BCUT2D eigenvalue weighted by Crippen LogP contribution is 2.23. The van der Waals surface area contributed by atoms with E-state index in [2.05, 4.69) is 4.74 Å². The van der Waals surface area contributed by atoms with Crippen molar-refractivity contribution in [1.82, 2.24) is 0 Å². The van der Waals surface area contributed by atoms with Crippen LogP contribution in [0.5, 0.6) is 0 Å². The van der Waals surface area contributed by atoms with E-state index in [1.165, 1.54) is 7.11 Å². The Morgan fingerprint density at radius 2 is 2.31 bits per heavy atom. The fourth-order valence-corrected chi connectivity index (χ4v) is 1.43. The molecule has 84 valence electrons. The summed E-state index contributed by atoms with van der Waals surface area (Å²) in [5.41, 5.74) is 7.42. The van der Waals surface area contributed by atoms with Crippen LogP contribution in [0.25, 0.3) is 0 Å². The monoisotopic (exact) mass is 218 g/mol. The van der Waals surface area contributed by atoms with Gasteiger partial charge in [0.05, 0.1) is 19.1 Å². The summed E-state index contributed by atoms with van der Waals surface area (Å²) in [7, 11) is 1.36. The Kier molecular flexibility index (Phi) is 3.90. The molecule has 0 saturated carbocycles. The van der Waals surface area contributed by atoms with E-state index in [-0.39, 0.29) is 11.9 Å². The molecule has 0 aliphatic rings. The topological polar surface area (TPSA) is 76.1 Å². The van der Waals surface area contributed by atoms with Crippen molar-refractivity contribution in [2.24, 2.45) is 0 Å². The quantitative estimate of drug-likeness (QED) is 0.620. The number of methoxy groups -OCH3 is 1. The van der Waals surface area contributed by atoms with Crippen molar-refractivity contribution in [2.45, 2.75) is 19.3 Å². The molecule has 0 aliphatic heterocycles. The molecule has 1 atom stereocenters. The summed E-state index contributed by atoms with van der Waals surface area (Å²) >= 11 is 0. The minimum absolute atomic E-state index is 0.0140. The summed E-state index contributed by atoms with van der Waals surface area (Å²) in [6.45, 7) is 1.91. The van der Waals surface area contributed by atoms with Crippen LogP contribution in [0.15, 0.2) is 18.2 Å². The Hall–Kier alpha value is -2.02. The Morgan fingerprint density at radius 3 is 2.88 bits per heavy atom. The molecule has 0 radical (unpaired) electrons. The molecule has 2 N–H and O–H groups in total. The maximum atomic E-state index is 11.1. The number of carbonyl (C=O) groups is 1. The lowest BCUT2D eigenvalue weighted by Gasteiger charge is -2.11. The van der Waals surface area contributed by atoms with Crippen LogP contribution in [0.3, 0.4) is 0 Å². The second kappa shape index (κ2) is 5.17. The third-order valence-electron chi connectivity index (χ3n) is 2.47. The Balaban J connectivity index is 2.89. The van der Waals surface area contributed by atoms with Crippen molar-refractivity contribution in [3.05, 3.63) is 29.3 Å². The number of carbonyl (C=O) groups excluding carboxylic acids is 1. The second-order valence-corrected chi connectivity index (χ2v) is 3.64. The summed E-state index contributed by atoms with van der Waals surface area (Å²) in [5, 5.41) is 8.83. The van der Waals surface area contributed by atoms with Crippen LogP contribution in [0.2, 0.25) is 0 Å². The molecule has 4 heteroatoms. The van der Waals surface area contributed by atoms with Crippen molar-refractivity contribution in [3.63, 3.8) is 0 Å².